The molecule has 1 rings (SSSR count). The van der Waals surface area contributed by atoms with Gasteiger partial charge in [0.25, 0.3) is 0 Å². The van der Waals surface area contributed by atoms with E-state index in [4.69, 9.17) is 4.74 Å². The third kappa shape index (κ3) is 3.20. The lowest BCUT2D eigenvalue weighted by atomic mass is 10.2. The fraction of sp³-hybridized carbons (Fsp3) is 0.455. The van der Waals surface area contributed by atoms with Gasteiger partial charge in [-0.2, -0.15) is 0 Å². The molecule has 0 radical (unpaired) electrons. The zero-order valence-corrected chi connectivity index (χ0v) is 9.78. The van der Waals surface area contributed by atoms with Crippen LogP contribution in [0.1, 0.15) is 12.5 Å². The summed E-state index contributed by atoms with van der Waals surface area (Å²) in [6.07, 6.45) is 1.67. The van der Waals surface area contributed by atoms with E-state index >= 15 is 0 Å². The molecule has 0 saturated heterocycles. The summed E-state index contributed by atoms with van der Waals surface area (Å²) in [5, 5.41) is 5.67. The molecule has 0 aliphatic carbocycles. The number of nitrogens with one attached hydrogen (secondary N) is 2. The summed E-state index contributed by atoms with van der Waals surface area (Å²) < 4.78 is 5.11. The second kappa shape index (κ2) is 6.07. The van der Waals surface area contributed by atoms with Crippen molar-refractivity contribution in [2.75, 3.05) is 14.2 Å². The molecule has 1 unspecified atom stereocenters. The van der Waals surface area contributed by atoms with Crippen LogP contribution in [0.15, 0.2) is 18.3 Å². The van der Waals surface area contributed by atoms with Crippen molar-refractivity contribution in [2.24, 2.45) is 0 Å². The minimum atomic E-state index is -0.241. The molecule has 1 aromatic heterocycles. The maximum atomic E-state index is 11.3. The fourth-order valence-corrected chi connectivity index (χ4v) is 1.31. The number of methoxy groups -OCH3 is 1. The van der Waals surface area contributed by atoms with Crippen molar-refractivity contribution < 1.29 is 9.53 Å². The van der Waals surface area contributed by atoms with Crippen LogP contribution in [0, 0.1) is 0 Å². The summed E-state index contributed by atoms with van der Waals surface area (Å²) in [7, 11) is 3.19. The number of hydrogen-bond donors (Lipinski definition) is 2. The Kier molecular flexibility index (Phi) is 4.72. The third-order valence-corrected chi connectivity index (χ3v) is 2.28. The molecule has 2 N–H and O–H groups in total. The summed E-state index contributed by atoms with van der Waals surface area (Å²) in [5.41, 5.74) is 0.931. The molecule has 0 aromatic carbocycles. The SMILES string of the molecule is CNC(=O)C(C)NCc1cccnc1OC. The number of amides is 1. The average molecular weight is 223 g/mol. The Bertz CT molecular complexity index is 355. The first-order valence-electron chi connectivity index (χ1n) is 5.12. The van der Waals surface area contributed by atoms with E-state index in [1.807, 2.05) is 19.1 Å². The Labute approximate surface area is 95.2 Å². The zero-order valence-electron chi connectivity index (χ0n) is 9.78. The Morgan fingerprint density at radius 2 is 2.38 bits per heavy atom. The number of carbonyl (C=O) groups excluding carboxylic acids is 1. The van der Waals surface area contributed by atoms with Gasteiger partial charge in [-0.3, -0.25) is 4.79 Å². The molecule has 88 valence electrons. The van der Waals surface area contributed by atoms with E-state index in [1.54, 1.807) is 20.4 Å². The number of ether oxygens (including phenoxy) is 1. The van der Waals surface area contributed by atoms with Gasteiger partial charge in [-0.05, 0) is 13.0 Å². The molecule has 1 aromatic rings. The first-order chi connectivity index (χ1) is 7.69. The van der Waals surface area contributed by atoms with Crippen LogP contribution in [0.3, 0.4) is 0 Å². The number of carbonyl (C=O) groups is 1. The molecule has 0 fully saturated rings. The van der Waals surface area contributed by atoms with Crippen LogP contribution < -0.4 is 15.4 Å². The van der Waals surface area contributed by atoms with Gasteiger partial charge >= 0.3 is 0 Å². The summed E-state index contributed by atoms with van der Waals surface area (Å²) >= 11 is 0. The predicted octanol–water partition coefficient (Wildman–Crippen LogP) is 0.314. The Morgan fingerprint density at radius 3 is 3.00 bits per heavy atom. The van der Waals surface area contributed by atoms with Crippen molar-refractivity contribution in [2.45, 2.75) is 19.5 Å². The Hall–Kier alpha value is -1.62. The standard InChI is InChI=1S/C11H17N3O2/c1-8(10(15)12-2)14-7-9-5-4-6-13-11(9)16-3/h4-6,8,14H,7H2,1-3H3,(H,12,15). The second-order valence-corrected chi connectivity index (χ2v) is 3.39. The van der Waals surface area contributed by atoms with Gasteiger partial charge in [-0.1, -0.05) is 6.07 Å². The highest BCUT2D eigenvalue weighted by Gasteiger charge is 2.11. The van der Waals surface area contributed by atoms with Crippen molar-refractivity contribution in [3.63, 3.8) is 0 Å². The number of nitrogens with zero attached hydrogens (tertiary/aromatic N) is 1. The molecular formula is C11H17N3O2. The van der Waals surface area contributed by atoms with Crippen LogP contribution in [0.5, 0.6) is 5.88 Å². The van der Waals surface area contributed by atoms with Crippen molar-refractivity contribution in [1.29, 1.82) is 0 Å². The minimum Gasteiger partial charge on any atom is -0.481 e. The highest BCUT2D eigenvalue weighted by atomic mass is 16.5. The smallest absolute Gasteiger partial charge is 0.236 e. The van der Waals surface area contributed by atoms with Crippen molar-refractivity contribution >= 4 is 5.91 Å². The Morgan fingerprint density at radius 1 is 1.62 bits per heavy atom. The molecule has 1 atom stereocenters. The molecule has 0 spiro atoms. The van der Waals surface area contributed by atoms with E-state index in [1.165, 1.54) is 0 Å². The van der Waals surface area contributed by atoms with Crippen LogP contribution in [0.25, 0.3) is 0 Å². The molecule has 5 nitrogen and oxygen atoms in total. The first kappa shape index (κ1) is 12.4. The van der Waals surface area contributed by atoms with Crippen LogP contribution in [0.2, 0.25) is 0 Å². The zero-order chi connectivity index (χ0) is 12.0. The van der Waals surface area contributed by atoms with E-state index < -0.39 is 0 Å². The van der Waals surface area contributed by atoms with E-state index in [2.05, 4.69) is 15.6 Å². The number of aromatic nitrogens is 1. The van der Waals surface area contributed by atoms with Gasteiger partial charge in [0.15, 0.2) is 0 Å². The summed E-state index contributed by atoms with van der Waals surface area (Å²) in [6.45, 7) is 2.35. The van der Waals surface area contributed by atoms with E-state index in [0.717, 1.165) is 5.56 Å². The quantitative estimate of drug-likeness (QED) is 0.754. The molecule has 1 heterocycles. The van der Waals surface area contributed by atoms with Gasteiger partial charge in [0.2, 0.25) is 11.8 Å². The molecule has 5 heteroatoms. The molecule has 0 bridgehead atoms. The predicted molar refractivity (Wildman–Crippen MR) is 61.2 cm³/mol. The summed E-state index contributed by atoms with van der Waals surface area (Å²) in [5.74, 6) is 0.543. The number of pyridine rings is 1. The Balaban J connectivity index is 2.57. The topological polar surface area (TPSA) is 63.2 Å². The van der Waals surface area contributed by atoms with Gasteiger partial charge in [0.1, 0.15) is 0 Å². The highest BCUT2D eigenvalue weighted by Crippen LogP contribution is 2.12. The van der Waals surface area contributed by atoms with Crippen molar-refractivity contribution in [3.8, 4) is 5.88 Å². The monoisotopic (exact) mass is 223 g/mol. The average Bonchev–Trinajstić information content (AvgIpc) is 2.35. The maximum absolute atomic E-state index is 11.3. The minimum absolute atomic E-state index is 0.0390. The largest absolute Gasteiger partial charge is 0.481 e. The molecule has 1 amide bonds. The number of rotatable bonds is 5. The van der Waals surface area contributed by atoms with Gasteiger partial charge < -0.3 is 15.4 Å². The highest BCUT2D eigenvalue weighted by molar-refractivity contribution is 5.80. The van der Waals surface area contributed by atoms with Crippen LogP contribution in [-0.2, 0) is 11.3 Å². The maximum Gasteiger partial charge on any atom is 0.236 e. The molecule has 16 heavy (non-hydrogen) atoms. The van der Waals surface area contributed by atoms with E-state index in [9.17, 15) is 4.79 Å². The van der Waals surface area contributed by atoms with Gasteiger partial charge in [-0.25, -0.2) is 4.98 Å². The van der Waals surface area contributed by atoms with E-state index in [-0.39, 0.29) is 11.9 Å². The van der Waals surface area contributed by atoms with E-state index in [0.29, 0.717) is 12.4 Å². The molecule has 0 saturated carbocycles. The molecular weight excluding hydrogens is 206 g/mol. The lowest BCUT2D eigenvalue weighted by molar-refractivity contribution is -0.122. The summed E-state index contributed by atoms with van der Waals surface area (Å²) in [6, 6.07) is 3.51. The fourth-order valence-electron chi connectivity index (χ4n) is 1.31. The third-order valence-electron chi connectivity index (χ3n) is 2.28. The van der Waals surface area contributed by atoms with Gasteiger partial charge in [0, 0.05) is 25.4 Å². The second-order valence-electron chi connectivity index (χ2n) is 3.39. The molecule has 0 aliphatic rings. The first-order valence-corrected chi connectivity index (χ1v) is 5.12. The van der Waals surface area contributed by atoms with Crippen LogP contribution in [-0.4, -0.2) is 31.1 Å². The van der Waals surface area contributed by atoms with Crippen LogP contribution in [0.4, 0.5) is 0 Å². The lowest BCUT2D eigenvalue weighted by Gasteiger charge is -2.13. The number of hydrogen-bond acceptors (Lipinski definition) is 4. The normalized spacial score (nSPS) is 11.9. The van der Waals surface area contributed by atoms with Crippen LogP contribution >= 0.6 is 0 Å². The van der Waals surface area contributed by atoms with Crippen molar-refractivity contribution in [1.82, 2.24) is 15.6 Å². The lowest BCUT2D eigenvalue weighted by Crippen LogP contribution is -2.40. The molecule has 0 aliphatic heterocycles. The summed E-state index contributed by atoms with van der Waals surface area (Å²) in [4.78, 5) is 15.3. The van der Waals surface area contributed by atoms with Gasteiger partial charge in [0.05, 0.1) is 13.2 Å². The van der Waals surface area contributed by atoms with Gasteiger partial charge in [-0.15, -0.1) is 0 Å². The number of likely N-dealkylation sites (N-methyl/N-ethyl adjacent to an activating group) is 1. The van der Waals surface area contributed by atoms with Crippen molar-refractivity contribution in [3.05, 3.63) is 23.9 Å².